The summed E-state index contributed by atoms with van der Waals surface area (Å²) in [6, 6.07) is 0. The largest absolute Gasteiger partial charge is 0.465 e. The van der Waals surface area contributed by atoms with E-state index in [-0.39, 0.29) is 37.7 Å². The lowest BCUT2D eigenvalue weighted by Gasteiger charge is -2.38. The molecule has 57 heavy (non-hydrogen) atoms. The maximum absolute atomic E-state index is 13.0. The van der Waals surface area contributed by atoms with E-state index in [0.717, 1.165) is 57.8 Å². The normalized spacial score (nSPS) is 11.9. The molecule has 0 aromatic rings. The van der Waals surface area contributed by atoms with E-state index >= 15 is 0 Å². The maximum Gasteiger partial charge on any atom is 0.305 e. The first-order valence-electron chi connectivity index (χ1n) is 24.8. The van der Waals surface area contributed by atoms with Gasteiger partial charge < -0.3 is 18.7 Å². The molecule has 0 aliphatic rings. The third kappa shape index (κ3) is 39.6. The summed E-state index contributed by atoms with van der Waals surface area (Å²) in [6.45, 7) is 7.51. The van der Waals surface area contributed by atoms with Crippen molar-refractivity contribution in [3.8, 4) is 0 Å². The zero-order valence-electron chi connectivity index (χ0n) is 39.2. The Balaban J connectivity index is 4.97. The van der Waals surface area contributed by atoms with Crippen LogP contribution < -0.4 is 0 Å². The first-order chi connectivity index (χ1) is 27.6. The van der Waals surface area contributed by atoms with Gasteiger partial charge in [0.1, 0.15) is 25.2 Å². The smallest absolute Gasteiger partial charge is 0.305 e. The monoisotopic (exact) mass is 809 g/mol. The second-order valence-electron chi connectivity index (χ2n) is 18.8. The van der Waals surface area contributed by atoms with Crippen molar-refractivity contribution in [2.24, 2.45) is 5.41 Å². The number of unbranched alkanes of at least 4 members (excludes halogenated alkanes) is 30. The summed E-state index contributed by atoms with van der Waals surface area (Å²) >= 11 is 0. The fourth-order valence-electron chi connectivity index (χ4n) is 7.99. The van der Waals surface area contributed by atoms with Crippen LogP contribution in [0.15, 0.2) is 0 Å². The Labute approximate surface area is 354 Å². The van der Waals surface area contributed by atoms with E-state index in [1.54, 1.807) is 0 Å². The minimum absolute atomic E-state index is 0.0663. The number of carbonyl (C=O) groups excluding carboxylic acids is 3. The summed E-state index contributed by atoms with van der Waals surface area (Å²) in [6.07, 6.45) is 41.7. The lowest BCUT2D eigenvalue weighted by molar-refractivity contribution is -0.877. The third-order valence-corrected chi connectivity index (χ3v) is 11.4. The Hall–Kier alpha value is -1.63. The Morgan fingerprint density at radius 2 is 0.526 bits per heavy atom. The van der Waals surface area contributed by atoms with Gasteiger partial charge in [-0.25, -0.2) is 0 Å². The molecule has 0 heterocycles. The van der Waals surface area contributed by atoms with Crippen LogP contribution in [-0.2, 0) is 28.6 Å². The molecule has 0 rings (SSSR count). The molecule has 0 radical (unpaired) electrons. The molecule has 0 aliphatic carbocycles. The zero-order valence-corrected chi connectivity index (χ0v) is 39.2. The predicted molar refractivity (Wildman–Crippen MR) is 241 cm³/mol. The van der Waals surface area contributed by atoms with Gasteiger partial charge >= 0.3 is 17.9 Å². The molecule has 0 saturated carbocycles. The summed E-state index contributed by atoms with van der Waals surface area (Å²) in [5.74, 6) is -0.677. The molecule has 0 N–H and O–H groups in total. The fourth-order valence-corrected chi connectivity index (χ4v) is 7.99. The molecule has 0 atom stereocenters. The van der Waals surface area contributed by atoms with E-state index in [1.807, 2.05) is 0 Å². The first-order valence-corrected chi connectivity index (χ1v) is 24.8. The molecule has 7 nitrogen and oxygen atoms in total. The highest BCUT2D eigenvalue weighted by Crippen LogP contribution is 2.25. The molecule has 0 saturated heterocycles. The van der Waals surface area contributed by atoms with Crippen molar-refractivity contribution in [3.05, 3.63) is 0 Å². The topological polar surface area (TPSA) is 78.9 Å². The first kappa shape index (κ1) is 55.4. The van der Waals surface area contributed by atoms with Gasteiger partial charge in [0.15, 0.2) is 0 Å². The van der Waals surface area contributed by atoms with Crippen molar-refractivity contribution in [2.45, 2.75) is 252 Å². The Morgan fingerprint density at radius 1 is 0.333 bits per heavy atom. The van der Waals surface area contributed by atoms with Crippen LogP contribution in [0, 0.1) is 5.41 Å². The highest BCUT2D eigenvalue weighted by atomic mass is 16.6. The molecule has 0 aromatic carbocycles. The molecule has 0 aromatic heterocycles. The van der Waals surface area contributed by atoms with Crippen LogP contribution in [0.4, 0.5) is 0 Å². The standard InChI is InChI=1S/C50H98NO6/c1-7-10-13-16-19-22-25-28-31-34-37-40-47(52)55-44-50(43-51(4,5)6,45-56-48(53)41-38-35-32-29-26-23-20-17-14-11-8-2)46-57-49(54)42-39-36-33-30-27-24-21-18-15-12-9-3/h7-46H2,1-6H3/q+1. The van der Waals surface area contributed by atoms with Crippen molar-refractivity contribution < 1.29 is 33.1 Å². The highest BCUT2D eigenvalue weighted by Gasteiger charge is 2.41. The van der Waals surface area contributed by atoms with Crippen molar-refractivity contribution in [1.29, 1.82) is 0 Å². The van der Waals surface area contributed by atoms with Crippen LogP contribution in [0.25, 0.3) is 0 Å². The Bertz CT molecular complexity index is 812. The number of ether oxygens (including phenoxy) is 3. The summed E-state index contributed by atoms with van der Waals surface area (Å²) in [4.78, 5) is 39.0. The molecule has 0 fully saturated rings. The van der Waals surface area contributed by atoms with E-state index in [2.05, 4.69) is 41.9 Å². The summed E-state index contributed by atoms with van der Waals surface area (Å²) in [5.41, 5.74) is -0.815. The molecule has 0 unspecified atom stereocenters. The van der Waals surface area contributed by atoms with Gasteiger partial charge in [-0.05, 0) is 19.3 Å². The van der Waals surface area contributed by atoms with E-state index < -0.39 is 5.41 Å². The van der Waals surface area contributed by atoms with Crippen molar-refractivity contribution in [1.82, 2.24) is 0 Å². The summed E-state index contributed by atoms with van der Waals surface area (Å²) in [5, 5.41) is 0. The average Bonchev–Trinajstić information content (AvgIpc) is 3.18. The number of hydrogen-bond acceptors (Lipinski definition) is 6. The van der Waals surface area contributed by atoms with Crippen LogP contribution in [-0.4, -0.2) is 69.9 Å². The second kappa shape index (κ2) is 39.8. The van der Waals surface area contributed by atoms with Crippen LogP contribution in [0.1, 0.15) is 252 Å². The van der Waals surface area contributed by atoms with Gasteiger partial charge in [0.05, 0.1) is 27.7 Å². The molecular formula is C50H98NO6+. The number of rotatable bonds is 44. The molecular weight excluding hydrogens is 711 g/mol. The van der Waals surface area contributed by atoms with Gasteiger partial charge in [0.25, 0.3) is 0 Å². The van der Waals surface area contributed by atoms with E-state index in [1.165, 1.54) is 154 Å². The molecule has 0 spiro atoms. The van der Waals surface area contributed by atoms with Crippen LogP contribution >= 0.6 is 0 Å². The average molecular weight is 809 g/mol. The van der Waals surface area contributed by atoms with Gasteiger partial charge in [-0.2, -0.15) is 0 Å². The maximum atomic E-state index is 13.0. The second-order valence-corrected chi connectivity index (χ2v) is 18.8. The molecule has 0 amide bonds. The highest BCUT2D eigenvalue weighted by molar-refractivity contribution is 5.70. The van der Waals surface area contributed by atoms with Gasteiger partial charge in [-0.3, -0.25) is 14.4 Å². The summed E-state index contributed by atoms with van der Waals surface area (Å²) in [7, 11) is 6.21. The lowest BCUT2D eigenvalue weighted by atomic mass is 9.89. The Kier molecular flexibility index (Phi) is 38.7. The van der Waals surface area contributed by atoms with E-state index in [9.17, 15) is 14.4 Å². The molecule has 0 aliphatic heterocycles. The van der Waals surface area contributed by atoms with Crippen molar-refractivity contribution in [3.63, 3.8) is 0 Å². The van der Waals surface area contributed by atoms with Crippen LogP contribution in [0.3, 0.4) is 0 Å². The quantitative estimate of drug-likeness (QED) is 0.0264. The zero-order chi connectivity index (χ0) is 42.1. The van der Waals surface area contributed by atoms with Gasteiger partial charge in [0, 0.05) is 19.3 Å². The van der Waals surface area contributed by atoms with Crippen LogP contribution in [0.2, 0.25) is 0 Å². The summed E-state index contributed by atoms with van der Waals surface area (Å²) < 4.78 is 18.3. The minimum atomic E-state index is -0.815. The number of quaternary nitrogens is 1. The Morgan fingerprint density at radius 3 is 0.719 bits per heavy atom. The number of esters is 3. The predicted octanol–water partition coefficient (Wildman–Crippen LogP) is 14.4. The van der Waals surface area contributed by atoms with Crippen molar-refractivity contribution in [2.75, 3.05) is 47.5 Å². The van der Waals surface area contributed by atoms with Crippen LogP contribution in [0.5, 0.6) is 0 Å². The van der Waals surface area contributed by atoms with Gasteiger partial charge in [0.2, 0.25) is 0 Å². The molecule has 7 heteroatoms. The number of hydrogen-bond donors (Lipinski definition) is 0. The third-order valence-electron chi connectivity index (χ3n) is 11.4. The minimum Gasteiger partial charge on any atom is -0.465 e. The number of carbonyl (C=O) groups is 3. The van der Waals surface area contributed by atoms with Gasteiger partial charge in [-0.1, -0.05) is 213 Å². The van der Waals surface area contributed by atoms with E-state index in [0.29, 0.717) is 30.3 Å². The van der Waals surface area contributed by atoms with Gasteiger partial charge in [-0.15, -0.1) is 0 Å². The number of nitrogens with zero attached hydrogens (tertiary/aromatic N) is 1. The molecule has 338 valence electrons. The molecule has 0 bridgehead atoms. The van der Waals surface area contributed by atoms with Crippen molar-refractivity contribution >= 4 is 17.9 Å². The fraction of sp³-hybridized carbons (Fsp3) is 0.940. The van der Waals surface area contributed by atoms with E-state index in [4.69, 9.17) is 14.2 Å². The SMILES string of the molecule is CCCCCCCCCCCCCC(=O)OCC(COC(=O)CCCCCCCCCCCCC)(COC(=O)CCCCCCCCCCCCC)C[N+](C)(C)C. The lowest BCUT2D eigenvalue weighted by Crippen LogP contribution is -2.52.